The first-order valence-corrected chi connectivity index (χ1v) is 18.9. The molecule has 0 radical (unpaired) electrons. The van der Waals surface area contributed by atoms with E-state index in [9.17, 15) is 69.5 Å². The second-order valence-corrected chi connectivity index (χ2v) is 14.7. The van der Waals surface area contributed by atoms with Gasteiger partial charge in [0, 0.05) is 13.5 Å². The van der Waals surface area contributed by atoms with Gasteiger partial charge in [0.2, 0.25) is 5.91 Å². The predicted octanol–water partition coefficient (Wildman–Crippen LogP) is -7.83. The lowest BCUT2D eigenvalue weighted by molar-refractivity contribution is -0.366. The van der Waals surface area contributed by atoms with Crippen LogP contribution < -0.4 is 11.1 Å². The minimum Gasteiger partial charge on any atom is -0.394 e. The monoisotopic (exact) mass is 822 g/mol. The summed E-state index contributed by atoms with van der Waals surface area (Å²) in [5, 5.41) is 96.3. The molecule has 3 heterocycles. The number of aliphatic hydroxyl groups is 9. The van der Waals surface area contributed by atoms with Crippen molar-refractivity contribution in [2.45, 2.75) is 105 Å². The van der Waals surface area contributed by atoms with Gasteiger partial charge in [0.25, 0.3) is 0 Å². The molecule has 0 aromatic heterocycles. The summed E-state index contributed by atoms with van der Waals surface area (Å²) in [4.78, 5) is 40.5. The molecule has 53 heavy (non-hydrogen) atoms. The molecule has 0 aromatic carbocycles. The van der Waals surface area contributed by atoms with E-state index in [0.29, 0.717) is 0 Å². The van der Waals surface area contributed by atoms with Crippen LogP contribution in [0.25, 0.3) is 0 Å². The number of aliphatic hydroxyl groups excluding tert-OH is 9. The lowest BCUT2D eigenvalue weighted by atomic mass is 9.94. The smallest absolute Gasteiger partial charge is 0.394 e. The normalized spacial score (nSPS) is 40.0. The Morgan fingerprint density at radius 3 is 1.91 bits per heavy atom. The van der Waals surface area contributed by atoms with Crippen molar-refractivity contribution >= 4 is 21.6 Å². The Labute approximate surface area is 300 Å². The van der Waals surface area contributed by atoms with E-state index in [4.69, 9.17) is 43.8 Å². The molecule has 15 N–H and O–H groups in total. The van der Waals surface area contributed by atoms with E-state index in [2.05, 4.69) is 14.4 Å². The van der Waals surface area contributed by atoms with Gasteiger partial charge >= 0.3 is 15.6 Å². The molecule has 0 aliphatic carbocycles. The van der Waals surface area contributed by atoms with Crippen molar-refractivity contribution in [3.8, 4) is 0 Å². The van der Waals surface area contributed by atoms with Crippen molar-refractivity contribution in [3.05, 3.63) is 0 Å². The zero-order chi connectivity index (χ0) is 39.8. The fraction of sp³-hybridized carbons (Fsp3) is 0.960. The van der Waals surface area contributed by atoms with Gasteiger partial charge < -0.3 is 100 Å². The molecular weight excluding hydrogens is 774 g/mol. The molecule has 0 bridgehead atoms. The first-order valence-electron chi connectivity index (χ1n) is 15.9. The topological polar surface area (TPSA) is 415 Å². The van der Waals surface area contributed by atoms with Gasteiger partial charge in [-0.3, -0.25) is 18.4 Å². The fourth-order valence-electron chi connectivity index (χ4n) is 5.35. The highest BCUT2D eigenvalue weighted by Crippen LogP contribution is 2.44. The average Bonchev–Trinajstić information content (AvgIpc) is 3.09. The summed E-state index contributed by atoms with van der Waals surface area (Å²) in [5.74, 6) is -0.835. The highest BCUT2D eigenvalue weighted by Gasteiger charge is 2.55. The molecule has 3 saturated heterocycles. The number of ether oxygens (including phenoxy) is 6. The molecule has 0 aromatic rings. The largest absolute Gasteiger partial charge is 0.472 e. The Kier molecular flexibility index (Phi) is 17.9. The summed E-state index contributed by atoms with van der Waals surface area (Å²) >= 11 is 0. The minimum absolute atomic E-state index is 0.152. The van der Waals surface area contributed by atoms with Gasteiger partial charge in [-0.25, -0.2) is 9.13 Å². The Bertz CT molecular complexity index is 1240. The summed E-state index contributed by atoms with van der Waals surface area (Å²) in [6, 6.07) is -1.72. The van der Waals surface area contributed by atoms with Crippen LogP contribution in [-0.2, 0) is 55.9 Å². The third-order valence-electron chi connectivity index (χ3n) is 7.96. The van der Waals surface area contributed by atoms with Crippen molar-refractivity contribution in [3.63, 3.8) is 0 Å². The number of hydrogen-bond donors (Lipinski definition) is 14. The Morgan fingerprint density at radius 1 is 0.755 bits per heavy atom. The van der Waals surface area contributed by atoms with Crippen LogP contribution in [0.2, 0.25) is 0 Å². The number of hydrogen-bond acceptors (Lipinski definition) is 22. The van der Waals surface area contributed by atoms with E-state index in [-0.39, 0.29) is 13.2 Å². The number of nitrogens with two attached hydrogens (primary N) is 1. The summed E-state index contributed by atoms with van der Waals surface area (Å²) in [5.41, 5.74) is 5.23. The standard InChI is InChI=1S/C25H48N2O24P2/c1-9(30)27-14-21(50-25-19(36)18(35)15(32)12(49-25)8-46-53(41,42)44-3-2-26)16(33)11(5-29)47-23(14)51-22-17(34)13(7-45-52(38,39)40)48-24(20(22)37)43-6-10(31)4-28/h10-25,28-29,31-37H,2-8,26H2,1H3,(H,27,30)(H,41,42)(H2,38,39,40)/t10-,11-,12-,13-,14-,15+,16+,17+,18+,19-,20-,21-,22+,23+,24+,25+/m1/s1. The molecule has 3 rings (SSSR count). The zero-order valence-corrected chi connectivity index (χ0v) is 29.7. The van der Waals surface area contributed by atoms with Crippen LogP contribution in [-0.4, -0.2) is 211 Å². The second kappa shape index (κ2) is 20.5. The summed E-state index contributed by atoms with van der Waals surface area (Å²) in [6.07, 6.45) is -28.2. The van der Waals surface area contributed by atoms with Crippen molar-refractivity contribution < 1.29 is 117 Å². The highest BCUT2D eigenvalue weighted by atomic mass is 31.2. The zero-order valence-electron chi connectivity index (χ0n) is 27.9. The van der Waals surface area contributed by atoms with Crippen LogP contribution in [0.1, 0.15) is 6.92 Å². The van der Waals surface area contributed by atoms with E-state index in [1.807, 2.05) is 0 Å². The van der Waals surface area contributed by atoms with Gasteiger partial charge in [0.05, 0.1) is 39.6 Å². The lowest BCUT2D eigenvalue weighted by Gasteiger charge is -2.49. The van der Waals surface area contributed by atoms with Crippen LogP contribution in [0.3, 0.4) is 0 Å². The van der Waals surface area contributed by atoms with E-state index in [0.717, 1.165) is 6.92 Å². The molecule has 3 aliphatic rings. The highest BCUT2D eigenvalue weighted by molar-refractivity contribution is 7.47. The molecule has 3 aliphatic heterocycles. The Morgan fingerprint density at radius 2 is 1.32 bits per heavy atom. The molecule has 1 unspecified atom stereocenters. The fourth-order valence-corrected chi connectivity index (χ4v) is 6.44. The third kappa shape index (κ3) is 13.0. The Hall–Kier alpha value is -0.950. The SMILES string of the molecule is CC(=O)N[C@H]1[C@H](O[C@H]2[C@@H](O)[C@@H](COP(=O)(O)O)O[C@H](OC[C@H](O)CO)[C@@H]2O)O[C@H](CO)[C@H](O)[C@@H]1O[C@@H]1O[C@H](COP(=O)(O)OCCN)[C@H](O)[C@H](O)[C@H]1O. The molecule has 26 nitrogen and oxygen atoms in total. The summed E-state index contributed by atoms with van der Waals surface area (Å²) in [6.45, 7) is -3.91. The van der Waals surface area contributed by atoms with Gasteiger partial charge in [-0.2, -0.15) is 0 Å². The summed E-state index contributed by atoms with van der Waals surface area (Å²) < 4.78 is 70.6. The molecule has 3 fully saturated rings. The number of nitrogens with one attached hydrogen (secondary N) is 1. The quantitative estimate of drug-likeness (QED) is 0.0538. The molecule has 0 saturated carbocycles. The lowest BCUT2D eigenvalue weighted by Crippen LogP contribution is -2.69. The van der Waals surface area contributed by atoms with Gasteiger partial charge in [0.15, 0.2) is 18.9 Å². The van der Waals surface area contributed by atoms with Crippen molar-refractivity contribution in [2.24, 2.45) is 5.73 Å². The van der Waals surface area contributed by atoms with Crippen molar-refractivity contribution in [1.29, 1.82) is 0 Å². The number of amides is 1. The van der Waals surface area contributed by atoms with Crippen LogP contribution in [0.5, 0.6) is 0 Å². The minimum atomic E-state index is -5.15. The van der Waals surface area contributed by atoms with Crippen LogP contribution in [0.15, 0.2) is 0 Å². The molecular formula is C25H48N2O24P2. The number of rotatable bonds is 19. The first-order chi connectivity index (χ1) is 24.7. The van der Waals surface area contributed by atoms with Gasteiger partial charge in [-0.15, -0.1) is 0 Å². The Balaban J connectivity index is 1.91. The molecule has 28 heteroatoms. The number of carbonyl (C=O) groups excluding carboxylic acids is 1. The van der Waals surface area contributed by atoms with E-state index in [1.54, 1.807) is 0 Å². The molecule has 312 valence electrons. The molecule has 17 atom stereocenters. The van der Waals surface area contributed by atoms with E-state index >= 15 is 0 Å². The number of carbonyl (C=O) groups is 1. The predicted molar refractivity (Wildman–Crippen MR) is 164 cm³/mol. The molecule has 1 amide bonds. The van der Waals surface area contributed by atoms with Gasteiger partial charge in [-0.1, -0.05) is 0 Å². The first kappa shape index (κ1) is 46.4. The maximum absolute atomic E-state index is 12.4. The van der Waals surface area contributed by atoms with Crippen LogP contribution in [0.4, 0.5) is 0 Å². The van der Waals surface area contributed by atoms with Crippen molar-refractivity contribution in [2.75, 3.05) is 46.2 Å². The maximum Gasteiger partial charge on any atom is 0.472 e. The molecule has 0 spiro atoms. The third-order valence-corrected chi connectivity index (χ3v) is 9.43. The van der Waals surface area contributed by atoms with Crippen LogP contribution in [0, 0.1) is 0 Å². The van der Waals surface area contributed by atoms with Gasteiger partial charge in [0.1, 0.15) is 79.3 Å². The number of phosphoric ester groups is 2. The summed E-state index contributed by atoms with van der Waals surface area (Å²) in [7, 11) is -9.90. The number of phosphoric acid groups is 2. The second-order valence-electron chi connectivity index (χ2n) is 12.0. The van der Waals surface area contributed by atoms with Crippen molar-refractivity contribution in [1.82, 2.24) is 5.32 Å². The van der Waals surface area contributed by atoms with E-state index in [1.165, 1.54) is 0 Å². The van der Waals surface area contributed by atoms with Gasteiger partial charge in [-0.05, 0) is 0 Å². The average molecular weight is 823 g/mol. The maximum atomic E-state index is 12.4. The van der Waals surface area contributed by atoms with Crippen LogP contribution >= 0.6 is 15.6 Å². The van der Waals surface area contributed by atoms with E-state index < -0.39 is 153 Å².